The number of nitrogens with zero attached hydrogens (tertiary/aromatic N) is 2. The number of aryl methyl sites for hydroxylation is 1. The van der Waals surface area contributed by atoms with Crippen molar-refractivity contribution in [2.45, 2.75) is 13.3 Å². The molecule has 3 rings (SSSR count). The second kappa shape index (κ2) is 4.13. The van der Waals surface area contributed by atoms with E-state index in [9.17, 15) is 0 Å². The molecule has 18 heavy (non-hydrogen) atoms. The van der Waals surface area contributed by atoms with Crippen molar-refractivity contribution in [3.63, 3.8) is 0 Å². The zero-order valence-corrected chi connectivity index (χ0v) is 11.4. The molecule has 0 aliphatic carbocycles. The summed E-state index contributed by atoms with van der Waals surface area (Å²) in [6.07, 6.45) is 0.873. The van der Waals surface area contributed by atoms with Crippen LogP contribution in [-0.4, -0.2) is 20.2 Å². The summed E-state index contributed by atoms with van der Waals surface area (Å²) >= 11 is 3.50. The van der Waals surface area contributed by atoms with Gasteiger partial charge in [-0.1, -0.05) is 13.0 Å². The molecule has 0 radical (unpaired) electrons. The molecule has 0 aliphatic rings. The maximum absolute atomic E-state index is 5.75. The topological polar surface area (TPSA) is 83.4 Å². The predicted octanol–water partition coefficient (Wildman–Crippen LogP) is 2.86. The van der Waals surface area contributed by atoms with Gasteiger partial charge in [0.2, 0.25) is 0 Å². The van der Waals surface area contributed by atoms with Crippen molar-refractivity contribution in [3.8, 4) is 11.3 Å². The monoisotopic (exact) mass is 305 g/mol. The number of aromatic nitrogens is 4. The van der Waals surface area contributed by atoms with Gasteiger partial charge in [0.1, 0.15) is 16.1 Å². The van der Waals surface area contributed by atoms with E-state index in [-0.39, 0.29) is 0 Å². The molecule has 0 fully saturated rings. The lowest BCUT2D eigenvalue weighted by atomic mass is 10.1. The third-order valence-electron chi connectivity index (χ3n) is 2.91. The summed E-state index contributed by atoms with van der Waals surface area (Å²) in [4.78, 5) is 7.75. The standard InChI is InChI=1S/C12H12BrN5/c1-2-9-15-10(11(13)16-9)6-3-4-7-8(5-6)17-18-12(7)14/h3-5H,2H2,1H3,(H,15,16)(H3,14,17,18). The van der Waals surface area contributed by atoms with E-state index in [2.05, 4.69) is 43.0 Å². The number of hydrogen-bond donors (Lipinski definition) is 3. The van der Waals surface area contributed by atoms with Crippen LogP contribution in [0.3, 0.4) is 0 Å². The molecule has 0 aliphatic heterocycles. The second-order valence-corrected chi connectivity index (χ2v) is 4.86. The fourth-order valence-electron chi connectivity index (χ4n) is 1.94. The number of fused-ring (bicyclic) bond motifs is 1. The Bertz CT molecular complexity index is 712. The summed E-state index contributed by atoms with van der Waals surface area (Å²) < 4.78 is 0.895. The molecule has 0 atom stereocenters. The van der Waals surface area contributed by atoms with Gasteiger partial charge >= 0.3 is 0 Å². The van der Waals surface area contributed by atoms with Gasteiger partial charge in [-0.15, -0.1) is 0 Å². The van der Waals surface area contributed by atoms with Crippen molar-refractivity contribution >= 4 is 32.7 Å². The number of halogens is 1. The lowest BCUT2D eigenvalue weighted by Gasteiger charge is -1.98. The Morgan fingerprint density at radius 3 is 2.94 bits per heavy atom. The van der Waals surface area contributed by atoms with Crippen LogP contribution < -0.4 is 5.73 Å². The fraction of sp³-hybridized carbons (Fsp3) is 0.167. The van der Waals surface area contributed by atoms with Crippen LogP contribution in [0.1, 0.15) is 12.7 Å². The number of nitrogens with one attached hydrogen (secondary N) is 2. The van der Waals surface area contributed by atoms with Gasteiger partial charge in [0.05, 0.1) is 5.52 Å². The minimum absolute atomic E-state index is 0.520. The lowest BCUT2D eigenvalue weighted by molar-refractivity contribution is 0.987. The highest BCUT2D eigenvalue weighted by molar-refractivity contribution is 9.10. The molecule has 92 valence electrons. The summed E-state index contributed by atoms with van der Waals surface area (Å²) in [7, 11) is 0. The minimum Gasteiger partial charge on any atom is -0.382 e. The highest BCUT2D eigenvalue weighted by Crippen LogP contribution is 2.29. The highest BCUT2D eigenvalue weighted by Gasteiger charge is 2.11. The maximum atomic E-state index is 5.75. The van der Waals surface area contributed by atoms with Crippen molar-refractivity contribution in [3.05, 3.63) is 28.6 Å². The molecule has 0 saturated heterocycles. The van der Waals surface area contributed by atoms with E-state index in [4.69, 9.17) is 5.73 Å². The number of aromatic amines is 2. The zero-order valence-electron chi connectivity index (χ0n) is 9.79. The van der Waals surface area contributed by atoms with Crippen LogP contribution in [-0.2, 0) is 6.42 Å². The Kier molecular flexibility index (Phi) is 2.59. The van der Waals surface area contributed by atoms with Crippen molar-refractivity contribution < 1.29 is 0 Å². The van der Waals surface area contributed by atoms with Gasteiger partial charge in [0.15, 0.2) is 5.82 Å². The van der Waals surface area contributed by atoms with Crippen LogP contribution in [0.4, 0.5) is 5.82 Å². The highest BCUT2D eigenvalue weighted by atomic mass is 79.9. The Labute approximate surface area is 112 Å². The van der Waals surface area contributed by atoms with E-state index in [0.29, 0.717) is 5.82 Å². The molecular formula is C12H12BrN5. The molecule has 0 amide bonds. The van der Waals surface area contributed by atoms with Crippen molar-refractivity contribution in [1.82, 2.24) is 20.2 Å². The first kappa shape index (κ1) is 11.3. The number of hydrogen-bond acceptors (Lipinski definition) is 3. The predicted molar refractivity (Wildman–Crippen MR) is 75.2 cm³/mol. The maximum Gasteiger partial charge on any atom is 0.153 e. The van der Waals surface area contributed by atoms with E-state index in [1.807, 2.05) is 18.2 Å². The fourth-order valence-corrected chi connectivity index (χ4v) is 2.49. The largest absolute Gasteiger partial charge is 0.382 e. The quantitative estimate of drug-likeness (QED) is 0.680. The van der Waals surface area contributed by atoms with Gasteiger partial charge in [-0.2, -0.15) is 5.10 Å². The van der Waals surface area contributed by atoms with Gasteiger partial charge in [0, 0.05) is 17.4 Å². The first-order valence-electron chi connectivity index (χ1n) is 5.67. The van der Waals surface area contributed by atoms with E-state index >= 15 is 0 Å². The molecular weight excluding hydrogens is 294 g/mol. The molecule has 2 aromatic heterocycles. The first-order chi connectivity index (χ1) is 8.69. The number of H-pyrrole nitrogens is 2. The molecule has 0 unspecified atom stereocenters. The lowest BCUT2D eigenvalue weighted by Crippen LogP contribution is -1.84. The third-order valence-corrected chi connectivity index (χ3v) is 3.48. The van der Waals surface area contributed by atoms with Gasteiger partial charge in [-0.3, -0.25) is 5.10 Å². The summed E-state index contributed by atoms with van der Waals surface area (Å²) in [5.41, 5.74) is 8.59. The average Bonchev–Trinajstić information content (AvgIpc) is 2.93. The molecule has 3 aromatic rings. The summed E-state index contributed by atoms with van der Waals surface area (Å²) in [6.45, 7) is 2.06. The Balaban J connectivity index is 2.15. The zero-order chi connectivity index (χ0) is 12.7. The Hall–Kier alpha value is -1.82. The van der Waals surface area contributed by atoms with Gasteiger partial charge in [-0.05, 0) is 28.1 Å². The number of nitrogen functional groups attached to an aromatic ring is 1. The van der Waals surface area contributed by atoms with Crippen LogP contribution in [0.2, 0.25) is 0 Å². The van der Waals surface area contributed by atoms with Crippen LogP contribution in [0, 0.1) is 0 Å². The molecule has 1 aromatic carbocycles. The van der Waals surface area contributed by atoms with Crippen molar-refractivity contribution in [2.24, 2.45) is 0 Å². The molecule has 0 spiro atoms. The second-order valence-electron chi connectivity index (χ2n) is 4.07. The Morgan fingerprint density at radius 1 is 1.39 bits per heavy atom. The number of benzene rings is 1. The SMILES string of the molecule is CCc1nc(-c2ccc3c(N)n[nH]c3c2)c(Br)[nH]1. The molecule has 0 saturated carbocycles. The number of rotatable bonds is 2. The van der Waals surface area contributed by atoms with E-state index in [1.54, 1.807) is 0 Å². The minimum atomic E-state index is 0.520. The van der Waals surface area contributed by atoms with Crippen LogP contribution in [0.25, 0.3) is 22.2 Å². The van der Waals surface area contributed by atoms with Gasteiger partial charge in [-0.25, -0.2) is 4.98 Å². The molecule has 4 N–H and O–H groups in total. The number of anilines is 1. The van der Waals surface area contributed by atoms with Crippen molar-refractivity contribution in [1.29, 1.82) is 0 Å². The first-order valence-corrected chi connectivity index (χ1v) is 6.46. The Morgan fingerprint density at radius 2 is 2.22 bits per heavy atom. The average molecular weight is 306 g/mol. The molecule has 5 nitrogen and oxygen atoms in total. The third kappa shape index (κ3) is 1.69. The molecule has 0 bridgehead atoms. The summed E-state index contributed by atoms with van der Waals surface area (Å²) in [5.74, 6) is 1.48. The van der Waals surface area contributed by atoms with E-state index in [0.717, 1.165) is 39.0 Å². The van der Waals surface area contributed by atoms with Crippen LogP contribution in [0.5, 0.6) is 0 Å². The van der Waals surface area contributed by atoms with Crippen LogP contribution >= 0.6 is 15.9 Å². The van der Waals surface area contributed by atoms with E-state index < -0.39 is 0 Å². The normalized spacial score (nSPS) is 11.2. The smallest absolute Gasteiger partial charge is 0.153 e. The van der Waals surface area contributed by atoms with Crippen molar-refractivity contribution in [2.75, 3.05) is 5.73 Å². The van der Waals surface area contributed by atoms with E-state index in [1.165, 1.54) is 0 Å². The van der Waals surface area contributed by atoms with Gasteiger partial charge in [0.25, 0.3) is 0 Å². The van der Waals surface area contributed by atoms with Gasteiger partial charge < -0.3 is 10.7 Å². The molecule has 6 heteroatoms. The van der Waals surface area contributed by atoms with Crippen LogP contribution in [0.15, 0.2) is 22.8 Å². The molecule has 2 heterocycles. The number of nitrogens with two attached hydrogens (primary N) is 1. The summed E-state index contributed by atoms with van der Waals surface area (Å²) in [5, 5.41) is 7.83. The summed E-state index contributed by atoms with van der Waals surface area (Å²) in [6, 6.07) is 5.95. The number of imidazole rings is 1.